The van der Waals surface area contributed by atoms with Gasteiger partial charge >= 0.3 is 0 Å². The number of hydrogen-bond acceptors (Lipinski definition) is 4. The van der Waals surface area contributed by atoms with Crippen LogP contribution in [0.3, 0.4) is 0 Å². The fourth-order valence-corrected chi connectivity index (χ4v) is 2.13. The summed E-state index contributed by atoms with van der Waals surface area (Å²) in [6, 6.07) is 3.59. The minimum absolute atomic E-state index is 0.0643. The number of hydrogen-bond donors (Lipinski definition) is 0. The number of nitrogens with zero attached hydrogens (tertiary/aromatic N) is 3. The van der Waals surface area contributed by atoms with Gasteiger partial charge in [-0.3, -0.25) is 4.79 Å². The van der Waals surface area contributed by atoms with Gasteiger partial charge in [-0.2, -0.15) is 5.10 Å². The summed E-state index contributed by atoms with van der Waals surface area (Å²) in [6.07, 6.45) is 4.68. The molecule has 3 rings (SSSR count). The predicted octanol–water partition coefficient (Wildman–Crippen LogP) is 0.866. The Morgan fingerprint density at radius 1 is 1.41 bits per heavy atom. The second kappa shape index (κ2) is 4.31. The van der Waals surface area contributed by atoms with E-state index < -0.39 is 0 Å². The third kappa shape index (κ3) is 2.38. The van der Waals surface area contributed by atoms with E-state index in [2.05, 4.69) is 10.2 Å². The summed E-state index contributed by atoms with van der Waals surface area (Å²) in [6.45, 7) is 1.49. The Hall–Kier alpha value is -1.65. The minimum atomic E-state index is 0.0643. The molecule has 0 radical (unpaired) electrons. The highest BCUT2D eigenvalue weighted by Crippen LogP contribution is 2.32. The van der Waals surface area contributed by atoms with Crippen molar-refractivity contribution in [3.05, 3.63) is 18.3 Å². The second-order valence-electron chi connectivity index (χ2n) is 4.65. The van der Waals surface area contributed by atoms with Gasteiger partial charge in [0.2, 0.25) is 11.8 Å². The zero-order valence-electron chi connectivity index (χ0n) is 9.58. The molecule has 2 fully saturated rings. The van der Waals surface area contributed by atoms with Crippen molar-refractivity contribution in [2.75, 3.05) is 13.1 Å². The molecule has 17 heavy (non-hydrogen) atoms. The number of rotatable bonds is 3. The molecule has 0 bridgehead atoms. The Labute approximate surface area is 99.8 Å². The first-order chi connectivity index (χ1) is 8.33. The van der Waals surface area contributed by atoms with Crippen LogP contribution >= 0.6 is 0 Å². The summed E-state index contributed by atoms with van der Waals surface area (Å²) < 4.78 is 5.69. The van der Waals surface area contributed by atoms with Crippen molar-refractivity contribution in [3.63, 3.8) is 0 Å². The van der Waals surface area contributed by atoms with Gasteiger partial charge in [-0.15, -0.1) is 5.10 Å². The van der Waals surface area contributed by atoms with E-state index in [1.165, 1.54) is 0 Å². The van der Waals surface area contributed by atoms with E-state index in [1.54, 1.807) is 18.3 Å². The van der Waals surface area contributed by atoms with Crippen LogP contribution in [0.4, 0.5) is 0 Å². The van der Waals surface area contributed by atoms with Gasteiger partial charge in [0.1, 0.15) is 6.10 Å². The molecule has 1 aliphatic carbocycles. The smallest absolute Gasteiger partial charge is 0.233 e. The Kier molecular flexibility index (Phi) is 2.66. The molecule has 0 spiro atoms. The number of ether oxygens (including phenoxy) is 1. The van der Waals surface area contributed by atoms with Crippen molar-refractivity contribution >= 4 is 5.91 Å². The Morgan fingerprint density at radius 2 is 2.29 bits per heavy atom. The van der Waals surface area contributed by atoms with Gasteiger partial charge in [0, 0.05) is 31.1 Å². The standard InChI is InChI=1S/C12H15N3O2/c16-12(9-3-4-9)15-7-5-10(8-15)17-11-2-1-6-13-14-11/h1-2,6,9-10H,3-5,7-8H2. The van der Waals surface area contributed by atoms with Crippen LogP contribution in [0.1, 0.15) is 19.3 Å². The molecule has 2 heterocycles. The van der Waals surface area contributed by atoms with Gasteiger partial charge in [-0.25, -0.2) is 0 Å². The molecule has 1 saturated heterocycles. The zero-order chi connectivity index (χ0) is 11.7. The van der Waals surface area contributed by atoms with Crippen LogP contribution in [0, 0.1) is 5.92 Å². The minimum Gasteiger partial charge on any atom is -0.471 e. The summed E-state index contributed by atoms with van der Waals surface area (Å²) in [4.78, 5) is 13.8. The van der Waals surface area contributed by atoms with E-state index in [9.17, 15) is 4.79 Å². The Bertz CT molecular complexity index is 405. The number of carbonyl (C=O) groups is 1. The van der Waals surface area contributed by atoms with Crippen LogP contribution < -0.4 is 4.74 Å². The molecule has 1 aromatic rings. The molecule has 5 nitrogen and oxygen atoms in total. The summed E-state index contributed by atoms with van der Waals surface area (Å²) >= 11 is 0. The lowest BCUT2D eigenvalue weighted by atomic mass is 10.3. The van der Waals surface area contributed by atoms with Crippen LogP contribution in [-0.4, -0.2) is 40.2 Å². The molecule has 1 saturated carbocycles. The number of carbonyl (C=O) groups excluding carboxylic acids is 1. The van der Waals surface area contributed by atoms with Crippen molar-refractivity contribution in [2.45, 2.75) is 25.4 Å². The summed E-state index contributed by atoms with van der Waals surface area (Å²) in [5.74, 6) is 1.14. The van der Waals surface area contributed by atoms with Crippen molar-refractivity contribution in [1.82, 2.24) is 15.1 Å². The first-order valence-electron chi connectivity index (χ1n) is 6.06. The maximum absolute atomic E-state index is 11.8. The highest BCUT2D eigenvalue weighted by molar-refractivity contribution is 5.81. The molecule has 1 atom stereocenters. The highest BCUT2D eigenvalue weighted by atomic mass is 16.5. The SMILES string of the molecule is O=C(C1CC1)N1CCC(Oc2cccnn2)C1. The lowest BCUT2D eigenvalue weighted by molar-refractivity contribution is -0.131. The summed E-state index contributed by atoms with van der Waals surface area (Å²) in [7, 11) is 0. The first kappa shape index (κ1) is 10.5. The Balaban J connectivity index is 1.55. The zero-order valence-corrected chi connectivity index (χ0v) is 9.58. The Morgan fingerprint density at radius 3 is 3.00 bits per heavy atom. The summed E-state index contributed by atoms with van der Waals surface area (Å²) in [5.41, 5.74) is 0. The molecule has 5 heteroatoms. The van der Waals surface area contributed by atoms with E-state index >= 15 is 0 Å². The van der Waals surface area contributed by atoms with Gasteiger partial charge in [0.25, 0.3) is 0 Å². The maximum Gasteiger partial charge on any atom is 0.233 e. The predicted molar refractivity (Wildman–Crippen MR) is 60.4 cm³/mol. The third-order valence-electron chi connectivity index (χ3n) is 3.22. The fraction of sp³-hybridized carbons (Fsp3) is 0.583. The van der Waals surface area contributed by atoms with Crippen molar-refractivity contribution < 1.29 is 9.53 Å². The van der Waals surface area contributed by atoms with Gasteiger partial charge in [0.15, 0.2) is 0 Å². The largest absolute Gasteiger partial charge is 0.471 e. The van der Waals surface area contributed by atoms with Crippen molar-refractivity contribution in [2.24, 2.45) is 5.92 Å². The van der Waals surface area contributed by atoms with Crippen LogP contribution in [0.2, 0.25) is 0 Å². The molecule has 1 aromatic heterocycles. The molecule has 90 valence electrons. The van der Waals surface area contributed by atoms with Crippen molar-refractivity contribution in [3.8, 4) is 5.88 Å². The normalized spacial score (nSPS) is 23.8. The average molecular weight is 233 g/mol. The fourth-order valence-electron chi connectivity index (χ4n) is 2.13. The molecular weight excluding hydrogens is 218 g/mol. The average Bonchev–Trinajstić information content (AvgIpc) is 3.11. The number of likely N-dealkylation sites (tertiary alicyclic amines) is 1. The molecule has 1 aliphatic heterocycles. The lowest BCUT2D eigenvalue weighted by Crippen LogP contribution is -2.32. The number of aromatic nitrogens is 2. The molecule has 2 aliphatic rings. The lowest BCUT2D eigenvalue weighted by Gasteiger charge is -2.16. The van der Waals surface area contributed by atoms with Gasteiger partial charge in [0.05, 0.1) is 6.54 Å². The number of amides is 1. The highest BCUT2D eigenvalue weighted by Gasteiger charge is 2.37. The molecule has 1 unspecified atom stereocenters. The molecule has 0 aromatic carbocycles. The monoisotopic (exact) mass is 233 g/mol. The van der Waals surface area contributed by atoms with Crippen LogP contribution in [-0.2, 0) is 4.79 Å². The second-order valence-corrected chi connectivity index (χ2v) is 4.65. The molecule has 0 N–H and O–H groups in total. The van der Waals surface area contributed by atoms with Crippen LogP contribution in [0.25, 0.3) is 0 Å². The van der Waals surface area contributed by atoms with E-state index in [-0.39, 0.29) is 6.10 Å². The van der Waals surface area contributed by atoms with E-state index in [4.69, 9.17) is 4.74 Å². The van der Waals surface area contributed by atoms with E-state index in [0.717, 1.165) is 25.8 Å². The maximum atomic E-state index is 11.8. The van der Waals surface area contributed by atoms with Crippen LogP contribution in [0.5, 0.6) is 5.88 Å². The summed E-state index contributed by atoms with van der Waals surface area (Å²) in [5, 5.41) is 7.65. The van der Waals surface area contributed by atoms with Gasteiger partial charge < -0.3 is 9.64 Å². The molecular formula is C12H15N3O2. The van der Waals surface area contributed by atoms with Gasteiger partial charge in [-0.1, -0.05) is 0 Å². The third-order valence-corrected chi connectivity index (χ3v) is 3.22. The van der Waals surface area contributed by atoms with Crippen molar-refractivity contribution in [1.29, 1.82) is 0 Å². The van der Waals surface area contributed by atoms with Gasteiger partial charge in [-0.05, 0) is 18.9 Å². The van der Waals surface area contributed by atoms with E-state index in [0.29, 0.717) is 24.2 Å². The molecule has 1 amide bonds. The first-order valence-corrected chi connectivity index (χ1v) is 6.06. The topological polar surface area (TPSA) is 55.3 Å². The quantitative estimate of drug-likeness (QED) is 0.777. The van der Waals surface area contributed by atoms with Crippen LogP contribution in [0.15, 0.2) is 18.3 Å². The van der Waals surface area contributed by atoms with E-state index in [1.807, 2.05) is 4.90 Å².